The van der Waals surface area contributed by atoms with Gasteiger partial charge >= 0.3 is 6.03 Å². The topological polar surface area (TPSA) is 108 Å². The largest absolute Gasteiger partial charge is 0.493 e. The number of urea groups is 1. The normalized spacial score (nSPS) is 12.6. The second-order valence-electron chi connectivity index (χ2n) is 6.22. The van der Waals surface area contributed by atoms with Gasteiger partial charge in [0.25, 0.3) is 0 Å². The molecule has 144 valence electrons. The summed E-state index contributed by atoms with van der Waals surface area (Å²) in [5, 5.41) is 4.68. The van der Waals surface area contributed by atoms with E-state index >= 15 is 0 Å². The fourth-order valence-corrected chi connectivity index (χ4v) is 3.07. The second kappa shape index (κ2) is 7.51. The highest BCUT2D eigenvalue weighted by atomic mass is 16.7. The predicted molar refractivity (Wildman–Crippen MR) is 104 cm³/mol. The molecule has 0 spiro atoms. The summed E-state index contributed by atoms with van der Waals surface area (Å²) in [6.45, 7) is 0.231. The maximum absolute atomic E-state index is 10.6. The summed E-state index contributed by atoms with van der Waals surface area (Å²) >= 11 is 0. The molecule has 0 saturated heterocycles. The van der Waals surface area contributed by atoms with Crippen LogP contribution in [0.2, 0.25) is 0 Å². The molecule has 3 aromatic rings. The number of carbonyl (C=O) groups is 1. The van der Waals surface area contributed by atoms with E-state index in [0.717, 1.165) is 34.4 Å². The Kier molecular flexibility index (Phi) is 4.76. The minimum absolute atomic E-state index is 0.231. The number of fused-ring (bicyclic) bond motifs is 2. The van der Waals surface area contributed by atoms with Crippen LogP contribution in [-0.4, -0.2) is 26.1 Å². The molecule has 3 N–H and O–H groups in total. The number of benzene rings is 2. The van der Waals surface area contributed by atoms with Crippen molar-refractivity contribution in [3.63, 3.8) is 0 Å². The standard InChI is InChI=1S/C20H19N3O5/c1-25-18-8-12(3-2-6-22-23-20(21)24)7-14-10-16(28-19(14)18)13-4-5-15-17(9-13)27-11-26-15/h4-10H,2-3,11H2,1H3,(H3,21,23,24)/b22-6+. The second-order valence-corrected chi connectivity index (χ2v) is 6.22. The van der Waals surface area contributed by atoms with E-state index < -0.39 is 6.03 Å². The van der Waals surface area contributed by atoms with E-state index in [9.17, 15) is 4.79 Å². The molecule has 0 fully saturated rings. The Morgan fingerprint density at radius 3 is 2.93 bits per heavy atom. The van der Waals surface area contributed by atoms with Crippen molar-refractivity contribution in [3.05, 3.63) is 42.0 Å². The van der Waals surface area contributed by atoms with Crippen LogP contribution in [-0.2, 0) is 6.42 Å². The Morgan fingerprint density at radius 2 is 2.11 bits per heavy atom. The monoisotopic (exact) mass is 381 g/mol. The molecule has 0 bridgehead atoms. The number of hydrogen-bond donors (Lipinski definition) is 2. The highest BCUT2D eigenvalue weighted by molar-refractivity contribution is 5.88. The number of aryl methyl sites for hydroxylation is 1. The van der Waals surface area contributed by atoms with Crippen molar-refractivity contribution in [2.45, 2.75) is 12.8 Å². The van der Waals surface area contributed by atoms with Crippen LogP contribution < -0.4 is 25.4 Å². The molecule has 4 rings (SSSR count). The fraction of sp³-hybridized carbons (Fsp3) is 0.200. The molecular formula is C20H19N3O5. The zero-order chi connectivity index (χ0) is 19.5. The van der Waals surface area contributed by atoms with Crippen molar-refractivity contribution in [1.29, 1.82) is 0 Å². The van der Waals surface area contributed by atoms with Crippen molar-refractivity contribution < 1.29 is 23.4 Å². The number of hydrogen-bond acceptors (Lipinski definition) is 6. The van der Waals surface area contributed by atoms with Crippen LogP contribution in [0.4, 0.5) is 4.79 Å². The molecule has 8 heteroatoms. The summed E-state index contributed by atoms with van der Waals surface area (Å²) in [5.74, 6) is 2.81. The van der Waals surface area contributed by atoms with Crippen molar-refractivity contribution in [2.24, 2.45) is 10.8 Å². The maximum atomic E-state index is 10.6. The van der Waals surface area contributed by atoms with Gasteiger partial charge in [-0.15, -0.1) is 0 Å². The van der Waals surface area contributed by atoms with E-state index in [1.807, 2.05) is 36.4 Å². The first-order chi connectivity index (χ1) is 13.6. The van der Waals surface area contributed by atoms with E-state index in [1.54, 1.807) is 13.3 Å². The number of nitrogens with two attached hydrogens (primary N) is 1. The van der Waals surface area contributed by atoms with Gasteiger partial charge in [0, 0.05) is 17.2 Å². The number of methoxy groups -OCH3 is 1. The Morgan fingerprint density at radius 1 is 1.25 bits per heavy atom. The number of nitrogens with zero attached hydrogens (tertiary/aromatic N) is 1. The third kappa shape index (κ3) is 3.57. The molecule has 2 amide bonds. The Labute approximate surface area is 160 Å². The summed E-state index contributed by atoms with van der Waals surface area (Å²) in [6.07, 6.45) is 2.97. The van der Waals surface area contributed by atoms with Crippen molar-refractivity contribution in [2.75, 3.05) is 13.9 Å². The van der Waals surface area contributed by atoms with Crippen LogP contribution in [0, 0.1) is 0 Å². The highest BCUT2D eigenvalue weighted by Gasteiger charge is 2.17. The number of amides is 2. The molecule has 2 aromatic carbocycles. The molecule has 1 aliphatic heterocycles. The molecule has 0 aliphatic carbocycles. The molecule has 0 atom stereocenters. The molecule has 28 heavy (non-hydrogen) atoms. The third-order valence-corrected chi connectivity index (χ3v) is 4.35. The van der Waals surface area contributed by atoms with E-state index in [0.29, 0.717) is 23.5 Å². The first kappa shape index (κ1) is 17.7. The third-order valence-electron chi connectivity index (χ3n) is 4.35. The smallest absolute Gasteiger partial charge is 0.332 e. The number of hydrazone groups is 1. The van der Waals surface area contributed by atoms with Gasteiger partial charge in [-0.1, -0.05) is 0 Å². The van der Waals surface area contributed by atoms with Crippen LogP contribution in [0.3, 0.4) is 0 Å². The quantitative estimate of drug-likeness (QED) is 0.502. The van der Waals surface area contributed by atoms with Crippen LogP contribution in [0.1, 0.15) is 12.0 Å². The summed E-state index contributed by atoms with van der Waals surface area (Å²) in [7, 11) is 1.61. The number of rotatable bonds is 6. The first-order valence-corrected chi connectivity index (χ1v) is 8.71. The van der Waals surface area contributed by atoms with Gasteiger partial charge in [0.15, 0.2) is 22.8 Å². The van der Waals surface area contributed by atoms with Gasteiger partial charge < -0.3 is 24.4 Å². The lowest BCUT2D eigenvalue weighted by Gasteiger charge is -2.04. The molecule has 0 unspecified atom stereocenters. The number of furan rings is 1. The molecule has 1 aromatic heterocycles. The first-order valence-electron chi connectivity index (χ1n) is 8.71. The van der Waals surface area contributed by atoms with Gasteiger partial charge in [0.05, 0.1) is 7.11 Å². The van der Waals surface area contributed by atoms with Crippen molar-refractivity contribution in [3.8, 4) is 28.6 Å². The van der Waals surface area contributed by atoms with E-state index in [-0.39, 0.29) is 6.79 Å². The molecular weight excluding hydrogens is 362 g/mol. The summed E-state index contributed by atoms with van der Waals surface area (Å²) < 4.78 is 22.4. The number of primary amides is 1. The Bertz CT molecular complexity index is 1060. The van der Waals surface area contributed by atoms with E-state index in [1.165, 1.54) is 0 Å². The Hall–Kier alpha value is -3.68. The minimum Gasteiger partial charge on any atom is -0.493 e. The lowest BCUT2D eigenvalue weighted by molar-refractivity contribution is 0.174. The van der Waals surface area contributed by atoms with Crippen molar-refractivity contribution in [1.82, 2.24) is 5.43 Å². The average Bonchev–Trinajstić information content (AvgIpc) is 3.32. The van der Waals surface area contributed by atoms with Crippen molar-refractivity contribution >= 4 is 23.2 Å². The number of carbonyl (C=O) groups excluding carboxylic acids is 1. The lowest BCUT2D eigenvalue weighted by Crippen LogP contribution is -2.24. The zero-order valence-corrected chi connectivity index (χ0v) is 15.2. The average molecular weight is 381 g/mol. The van der Waals surface area contributed by atoms with Crippen LogP contribution in [0.15, 0.2) is 45.9 Å². The van der Waals surface area contributed by atoms with Crippen LogP contribution in [0.5, 0.6) is 17.2 Å². The molecule has 2 heterocycles. The summed E-state index contributed by atoms with van der Waals surface area (Å²) in [6, 6.07) is 11.0. The number of nitrogens with one attached hydrogen (secondary N) is 1. The fourth-order valence-electron chi connectivity index (χ4n) is 3.07. The molecule has 0 saturated carbocycles. The van der Waals surface area contributed by atoms with E-state index in [2.05, 4.69) is 10.5 Å². The lowest BCUT2D eigenvalue weighted by atomic mass is 10.1. The van der Waals surface area contributed by atoms with Gasteiger partial charge in [0.1, 0.15) is 5.76 Å². The summed E-state index contributed by atoms with van der Waals surface area (Å²) in [4.78, 5) is 10.6. The minimum atomic E-state index is -0.686. The van der Waals surface area contributed by atoms with Gasteiger partial charge in [-0.3, -0.25) is 0 Å². The number of ether oxygens (including phenoxy) is 3. The van der Waals surface area contributed by atoms with Crippen LogP contribution >= 0.6 is 0 Å². The predicted octanol–water partition coefficient (Wildman–Crippen LogP) is 3.42. The van der Waals surface area contributed by atoms with Gasteiger partial charge in [-0.05, 0) is 54.8 Å². The summed E-state index contributed by atoms with van der Waals surface area (Å²) in [5.41, 5.74) is 9.78. The molecule has 1 aliphatic rings. The van der Waals surface area contributed by atoms with Gasteiger partial charge in [0.2, 0.25) is 6.79 Å². The Balaban J connectivity index is 1.59. The SMILES string of the molecule is COc1cc(CC/C=N/NC(N)=O)cc2cc(-c3ccc4c(c3)OCO4)oc12. The van der Waals surface area contributed by atoms with Gasteiger partial charge in [-0.25, -0.2) is 10.2 Å². The van der Waals surface area contributed by atoms with E-state index in [4.69, 9.17) is 24.4 Å². The van der Waals surface area contributed by atoms with Gasteiger partial charge in [-0.2, -0.15) is 5.10 Å². The van der Waals surface area contributed by atoms with Crippen LogP contribution in [0.25, 0.3) is 22.3 Å². The highest BCUT2D eigenvalue weighted by Crippen LogP contribution is 2.39. The molecule has 0 radical (unpaired) electrons. The zero-order valence-electron chi connectivity index (χ0n) is 15.2. The molecule has 8 nitrogen and oxygen atoms in total. The maximum Gasteiger partial charge on any atom is 0.332 e.